The van der Waals surface area contributed by atoms with Gasteiger partial charge in [-0.05, 0) is 63.5 Å². The topological polar surface area (TPSA) is 42.2 Å². The van der Waals surface area contributed by atoms with E-state index in [1.54, 1.807) is 12.1 Å². The van der Waals surface area contributed by atoms with E-state index in [1.165, 1.54) is 38.9 Å². The van der Waals surface area contributed by atoms with Crippen LogP contribution in [-0.4, -0.2) is 34.7 Å². The highest BCUT2D eigenvalue weighted by Gasteiger charge is 2.12. The van der Waals surface area contributed by atoms with Crippen LogP contribution in [0.2, 0.25) is 10.0 Å². The van der Waals surface area contributed by atoms with Crippen LogP contribution in [0.5, 0.6) is 0 Å². The molecule has 1 aromatic carbocycles. The van der Waals surface area contributed by atoms with Gasteiger partial charge in [-0.25, -0.2) is 0 Å². The minimum atomic E-state index is 0.496. The lowest BCUT2D eigenvalue weighted by molar-refractivity contribution is 0.323. The van der Waals surface area contributed by atoms with E-state index in [9.17, 15) is 0 Å². The quantitative estimate of drug-likeness (QED) is 0.728. The van der Waals surface area contributed by atoms with Gasteiger partial charge in [0.2, 0.25) is 11.7 Å². The van der Waals surface area contributed by atoms with Gasteiger partial charge in [0.25, 0.3) is 0 Å². The van der Waals surface area contributed by atoms with Crippen molar-refractivity contribution < 1.29 is 4.52 Å². The van der Waals surface area contributed by atoms with Crippen molar-refractivity contribution >= 4 is 23.2 Å². The summed E-state index contributed by atoms with van der Waals surface area (Å²) in [5.74, 6) is 1.25. The summed E-state index contributed by atoms with van der Waals surface area (Å²) in [6.45, 7) is 3.68. The zero-order chi connectivity index (χ0) is 15.4. The summed E-state index contributed by atoms with van der Waals surface area (Å²) in [5.41, 5.74) is 0.821. The van der Waals surface area contributed by atoms with Gasteiger partial charge in [0.15, 0.2) is 0 Å². The third-order valence-electron chi connectivity index (χ3n) is 3.96. The number of likely N-dealkylation sites (tertiary alicyclic amines) is 1. The van der Waals surface area contributed by atoms with Crippen molar-refractivity contribution in [2.75, 3.05) is 19.6 Å². The van der Waals surface area contributed by atoms with Crippen LogP contribution in [0.4, 0.5) is 0 Å². The van der Waals surface area contributed by atoms with Gasteiger partial charge in [0, 0.05) is 12.0 Å². The van der Waals surface area contributed by atoms with Crippen LogP contribution in [0.25, 0.3) is 11.4 Å². The monoisotopic (exact) mass is 339 g/mol. The molecule has 0 bridgehead atoms. The second-order valence-corrected chi connectivity index (χ2v) is 6.46. The highest BCUT2D eigenvalue weighted by atomic mass is 35.5. The first-order chi connectivity index (χ1) is 10.7. The average Bonchev–Trinajstić information content (AvgIpc) is 3.18. The predicted octanol–water partition coefficient (Wildman–Crippen LogP) is 4.46. The summed E-state index contributed by atoms with van der Waals surface area (Å²) < 4.78 is 5.31. The van der Waals surface area contributed by atoms with E-state index in [-0.39, 0.29) is 0 Å². The maximum Gasteiger partial charge on any atom is 0.226 e. The molecule has 1 aromatic heterocycles. The predicted molar refractivity (Wildman–Crippen MR) is 88.4 cm³/mol. The lowest BCUT2D eigenvalue weighted by Gasteiger charge is -2.13. The van der Waals surface area contributed by atoms with E-state index in [2.05, 4.69) is 15.0 Å². The fraction of sp³-hybridized carbons (Fsp3) is 0.500. The van der Waals surface area contributed by atoms with Gasteiger partial charge in [0.1, 0.15) is 0 Å². The molecule has 0 unspecified atom stereocenters. The standard InChI is InChI=1S/C16H19Cl2N3O/c17-13-7-6-12(11-14(13)18)16-19-15(22-20-16)5-1-2-8-21-9-3-4-10-21/h6-7,11H,1-5,8-10H2. The van der Waals surface area contributed by atoms with Crippen LogP contribution >= 0.6 is 23.2 Å². The molecular formula is C16H19Cl2N3O. The van der Waals surface area contributed by atoms with Gasteiger partial charge < -0.3 is 9.42 Å². The average molecular weight is 340 g/mol. The Morgan fingerprint density at radius 2 is 1.91 bits per heavy atom. The molecule has 118 valence electrons. The van der Waals surface area contributed by atoms with Crippen molar-refractivity contribution in [2.45, 2.75) is 32.1 Å². The van der Waals surface area contributed by atoms with E-state index < -0.39 is 0 Å². The lowest BCUT2D eigenvalue weighted by Crippen LogP contribution is -2.20. The molecule has 0 amide bonds. The minimum Gasteiger partial charge on any atom is -0.339 e. The van der Waals surface area contributed by atoms with Crippen LogP contribution in [-0.2, 0) is 6.42 Å². The molecule has 0 N–H and O–H groups in total. The largest absolute Gasteiger partial charge is 0.339 e. The molecule has 0 radical (unpaired) electrons. The Labute approximate surface area is 140 Å². The van der Waals surface area contributed by atoms with Crippen molar-refractivity contribution in [2.24, 2.45) is 0 Å². The van der Waals surface area contributed by atoms with E-state index in [0.29, 0.717) is 21.8 Å². The van der Waals surface area contributed by atoms with Crippen molar-refractivity contribution in [1.82, 2.24) is 15.0 Å². The fourth-order valence-electron chi connectivity index (χ4n) is 2.73. The van der Waals surface area contributed by atoms with Gasteiger partial charge in [-0.2, -0.15) is 4.98 Å². The van der Waals surface area contributed by atoms with Gasteiger partial charge in [0.05, 0.1) is 10.0 Å². The minimum absolute atomic E-state index is 0.496. The lowest BCUT2D eigenvalue weighted by atomic mass is 10.2. The smallest absolute Gasteiger partial charge is 0.226 e. The molecule has 1 fully saturated rings. The Morgan fingerprint density at radius 3 is 2.68 bits per heavy atom. The zero-order valence-electron chi connectivity index (χ0n) is 12.4. The number of hydrogen-bond acceptors (Lipinski definition) is 4. The summed E-state index contributed by atoms with van der Waals surface area (Å²) in [5, 5.41) is 5.04. The number of benzene rings is 1. The third kappa shape index (κ3) is 4.00. The van der Waals surface area contributed by atoms with E-state index >= 15 is 0 Å². The molecule has 1 aliphatic rings. The van der Waals surface area contributed by atoms with Gasteiger partial charge in [-0.1, -0.05) is 28.4 Å². The van der Waals surface area contributed by atoms with Crippen molar-refractivity contribution in [3.05, 3.63) is 34.1 Å². The van der Waals surface area contributed by atoms with E-state index in [1.807, 2.05) is 6.07 Å². The summed E-state index contributed by atoms with van der Waals surface area (Å²) in [6, 6.07) is 5.34. The Balaban J connectivity index is 1.51. The summed E-state index contributed by atoms with van der Waals surface area (Å²) in [6.07, 6.45) is 5.75. The van der Waals surface area contributed by atoms with Crippen molar-refractivity contribution in [3.8, 4) is 11.4 Å². The Hall–Kier alpha value is -1.10. The van der Waals surface area contributed by atoms with Crippen LogP contribution in [0, 0.1) is 0 Å². The first-order valence-electron chi connectivity index (χ1n) is 7.73. The number of hydrogen-bond donors (Lipinski definition) is 0. The molecule has 1 saturated heterocycles. The maximum atomic E-state index is 6.01. The molecular weight excluding hydrogens is 321 g/mol. The number of rotatable bonds is 6. The molecule has 2 aromatic rings. The first-order valence-corrected chi connectivity index (χ1v) is 8.48. The molecule has 1 aliphatic heterocycles. The van der Waals surface area contributed by atoms with Crippen molar-refractivity contribution in [3.63, 3.8) is 0 Å². The molecule has 22 heavy (non-hydrogen) atoms. The second-order valence-electron chi connectivity index (χ2n) is 5.65. The second kappa shape index (κ2) is 7.44. The van der Waals surface area contributed by atoms with E-state index in [0.717, 1.165) is 18.4 Å². The Bertz CT molecular complexity index is 624. The van der Waals surface area contributed by atoms with Gasteiger partial charge >= 0.3 is 0 Å². The number of aryl methyl sites for hydroxylation is 1. The van der Waals surface area contributed by atoms with Crippen LogP contribution in [0.3, 0.4) is 0 Å². The first kappa shape index (κ1) is 15.8. The maximum absolute atomic E-state index is 6.01. The zero-order valence-corrected chi connectivity index (χ0v) is 13.9. The van der Waals surface area contributed by atoms with Crippen molar-refractivity contribution in [1.29, 1.82) is 0 Å². The molecule has 0 spiro atoms. The summed E-state index contributed by atoms with van der Waals surface area (Å²) >= 11 is 11.9. The van der Waals surface area contributed by atoms with E-state index in [4.69, 9.17) is 27.7 Å². The molecule has 2 heterocycles. The summed E-state index contributed by atoms with van der Waals surface area (Å²) in [4.78, 5) is 6.95. The van der Waals surface area contributed by atoms with Crippen LogP contribution in [0.15, 0.2) is 22.7 Å². The molecule has 0 aliphatic carbocycles. The third-order valence-corrected chi connectivity index (χ3v) is 4.70. The molecule has 0 atom stereocenters. The van der Waals surface area contributed by atoms with Crippen LogP contribution < -0.4 is 0 Å². The summed E-state index contributed by atoms with van der Waals surface area (Å²) in [7, 11) is 0. The Morgan fingerprint density at radius 1 is 1.09 bits per heavy atom. The van der Waals surface area contributed by atoms with Gasteiger partial charge in [-0.15, -0.1) is 0 Å². The van der Waals surface area contributed by atoms with Crippen LogP contribution in [0.1, 0.15) is 31.6 Å². The normalized spacial score (nSPS) is 15.5. The Kier molecular flexibility index (Phi) is 5.34. The number of aromatic nitrogens is 2. The molecule has 3 rings (SSSR count). The number of nitrogens with zero attached hydrogens (tertiary/aromatic N) is 3. The molecule has 0 saturated carbocycles. The number of unbranched alkanes of at least 4 members (excludes halogenated alkanes) is 1. The highest BCUT2D eigenvalue weighted by molar-refractivity contribution is 6.42. The molecule has 4 nitrogen and oxygen atoms in total. The highest BCUT2D eigenvalue weighted by Crippen LogP contribution is 2.27. The SMILES string of the molecule is Clc1ccc(-c2noc(CCCCN3CCCC3)n2)cc1Cl. The number of halogens is 2. The molecule has 6 heteroatoms. The fourth-order valence-corrected chi connectivity index (χ4v) is 3.02. The van der Waals surface area contributed by atoms with Gasteiger partial charge in [-0.3, -0.25) is 0 Å².